The van der Waals surface area contributed by atoms with Crippen molar-refractivity contribution in [2.24, 2.45) is 5.92 Å². The molecule has 12 nitrogen and oxygen atoms in total. The molecule has 18 heteroatoms. The molecule has 0 amide bonds. The van der Waals surface area contributed by atoms with Crippen LogP contribution in [-0.4, -0.2) is 55.8 Å². The minimum absolute atomic E-state index is 0. The van der Waals surface area contributed by atoms with Crippen LogP contribution in [0.2, 0.25) is 0 Å². The van der Waals surface area contributed by atoms with Gasteiger partial charge in [-0.25, -0.2) is 28.2 Å². The van der Waals surface area contributed by atoms with Gasteiger partial charge in [-0.2, -0.15) is 18.3 Å². The molecule has 2 aliphatic heterocycles. The van der Waals surface area contributed by atoms with Gasteiger partial charge in [0.05, 0.1) is 36.7 Å². The van der Waals surface area contributed by atoms with E-state index in [4.69, 9.17) is 14.0 Å². The Labute approximate surface area is 308 Å². The maximum Gasteiger partial charge on any atom is 1.00 e. The second-order valence-electron chi connectivity index (χ2n) is 11.1. The van der Waals surface area contributed by atoms with Crippen molar-refractivity contribution < 1.29 is 85.0 Å². The van der Waals surface area contributed by atoms with E-state index in [1.165, 1.54) is 31.3 Å². The fraction of sp³-hybridized carbons (Fsp3) is 0.303. The molecule has 0 aliphatic carbocycles. The number of carbonyl (C=O) groups excluding carboxylic acids is 3. The number of fused-ring (bicyclic) bond motifs is 1. The molecule has 3 heterocycles. The zero-order chi connectivity index (χ0) is 36.2. The van der Waals surface area contributed by atoms with Gasteiger partial charge in [-0.05, 0) is 36.8 Å². The molecule has 2 aliphatic rings. The van der Waals surface area contributed by atoms with Crippen LogP contribution in [0.4, 0.5) is 22.0 Å². The number of hydrogen-bond acceptors (Lipinski definition) is 11. The summed E-state index contributed by atoms with van der Waals surface area (Å²) >= 11 is 0. The van der Waals surface area contributed by atoms with Crippen LogP contribution in [-0.2, 0) is 25.3 Å². The number of alkyl halides is 3. The molecule has 0 bridgehead atoms. The summed E-state index contributed by atoms with van der Waals surface area (Å²) in [4.78, 5) is 45.1. The maximum atomic E-state index is 14.5. The van der Waals surface area contributed by atoms with Crippen molar-refractivity contribution in [1.29, 1.82) is 0 Å². The molecule has 1 unspecified atom stereocenters. The fourth-order valence-corrected chi connectivity index (χ4v) is 4.84. The Hall–Kier alpha value is -4.74. The third-order valence-electron chi connectivity index (χ3n) is 7.37. The summed E-state index contributed by atoms with van der Waals surface area (Å²) in [5.74, 6) is -6.96. The predicted octanol–water partition coefficient (Wildman–Crippen LogP) is 2.06. The molecule has 0 spiro atoms. The van der Waals surface area contributed by atoms with Gasteiger partial charge in [0, 0.05) is 36.4 Å². The summed E-state index contributed by atoms with van der Waals surface area (Å²) in [5.41, 5.74) is -1.81. The topological polar surface area (TPSA) is 162 Å². The van der Waals surface area contributed by atoms with Gasteiger partial charge in [0.15, 0.2) is 23.2 Å². The number of ether oxygens (including phenoxy) is 2. The van der Waals surface area contributed by atoms with Crippen molar-refractivity contribution >= 4 is 17.7 Å². The molecule has 2 aromatic carbocycles. The van der Waals surface area contributed by atoms with Crippen molar-refractivity contribution in [2.75, 3.05) is 13.2 Å². The first-order chi connectivity index (χ1) is 23.8. The first-order valence-electron chi connectivity index (χ1n) is 15.1. The Morgan fingerprint density at radius 1 is 1.00 bits per heavy atom. The molecule has 2 atom stereocenters. The van der Waals surface area contributed by atoms with Crippen LogP contribution in [0, 0.1) is 17.6 Å². The van der Waals surface area contributed by atoms with Gasteiger partial charge in [-0.1, -0.05) is 25.1 Å². The zero-order valence-corrected chi connectivity index (χ0v) is 29.4. The van der Waals surface area contributed by atoms with Crippen LogP contribution in [0.3, 0.4) is 0 Å². The number of imidazole rings is 1. The van der Waals surface area contributed by atoms with Crippen LogP contribution >= 0.6 is 0 Å². The van der Waals surface area contributed by atoms with E-state index in [0.717, 1.165) is 35.1 Å². The smallest absolute Gasteiger partial charge is 0.550 e. The second-order valence-corrected chi connectivity index (χ2v) is 11.1. The Balaban J connectivity index is 0.00000583. The van der Waals surface area contributed by atoms with E-state index < -0.39 is 59.7 Å². The maximum absolute atomic E-state index is 14.5. The molecule has 1 aromatic heterocycles. The molecule has 0 saturated heterocycles. The van der Waals surface area contributed by atoms with E-state index in [1.807, 2.05) is 0 Å². The van der Waals surface area contributed by atoms with E-state index in [-0.39, 0.29) is 94.5 Å². The molecular weight excluding hydrogens is 696 g/mol. The average molecular weight is 724 g/mol. The number of ketones is 1. The minimum Gasteiger partial charge on any atom is -0.550 e. The van der Waals surface area contributed by atoms with E-state index in [2.05, 4.69) is 20.2 Å². The predicted molar refractivity (Wildman–Crippen MR) is 160 cm³/mol. The summed E-state index contributed by atoms with van der Waals surface area (Å²) in [7, 11) is 0. The van der Waals surface area contributed by atoms with Gasteiger partial charge >= 0.3 is 41.7 Å². The monoisotopic (exact) mass is 723 g/mol. The third-order valence-corrected chi connectivity index (χ3v) is 7.37. The summed E-state index contributed by atoms with van der Waals surface area (Å²) in [6.45, 7) is 2.78. The average Bonchev–Trinajstić information content (AvgIpc) is 3.72. The summed E-state index contributed by atoms with van der Waals surface area (Å²) in [6, 6.07) is 6.17. The molecule has 0 fully saturated rings. The van der Waals surface area contributed by atoms with Gasteiger partial charge in [-0.15, -0.1) is 0 Å². The van der Waals surface area contributed by atoms with E-state index in [9.17, 15) is 41.4 Å². The minimum atomic E-state index is -4.82. The summed E-state index contributed by atoms with van der Waals surface area (Å²) in [6.07, 6.45) is -2.62. The van der Waals surface area contributed by atoms with Crippen LogP contribution in [0.15, 0.2) is 59.4 Å². The molecule has 0 N–H and O–H groups in total. The molecular formula is C33H27F5N5NaO7. The van der Waals surface area contributed by atoms with Gasteiger partial charge in [0.2, 0.25) is 6.04 Å². The first kappa shape index (κ1) is 39.1. The summed E-state index contributed by atoms with van der Waals surface area (Å²) < 4.78 is 87.7. The number of nitrogens with zero attached hydrogens (tertiary/aromatic N) is 5. The number of benzene rings is 2. The normalized spacial score (nSPS) is 12.6. The van der Waals surface area contributed by atoms with Crippen LogP contribution in [0.25, 0.3) is 34.0 Å². The van der Waals surface area contributed by atoms with Crippen LogP contribution in [0.5, 0.6) is 5.75 Å². The van der Waals surface area contributed by atoms with E-state index in [1.54, 1.807) is 6.92 Å². The SMILES string of the molecule is CCCOc1ccc(-c2cc(C(C(=O)OCCC(=O)C[C@@H](C)C(=O)[O-])n3cc4nc(-c5cccc(F)c5F)nc-4cn3)on2)c(C(F)(F)F)c1.[Na+]. The Kier molecular flexibility index (Phi) is 12.6. The first-order valence-corrected chi connectivity index (χ1v) is 15.1. The molecule has 5 rings (SSSR count). The third kappa shape index (κ3) is 9.14. The Bertz CT molecular complexity index is 2000. The molecule has 262 valence electrons. The van der Waals surface area contributed by atoms with Gasteiger partial charge < -0.3 is 23.9 Å². The largest absolute Gasteiger partial charge is 1.00 e. The fourth-order valence-electron chi connectivity index (χ4n) is 4.84. The number of halogens is 5. The number of hydrogen-bond donors (Lipinski definition) is 0. The Morgan fingerprint density at radius 2 is 1.75 bits per heavy atom. The number of esters is 1. The molecule has 0 saturated carbocycles. The standard InChI is InChI=1S/C33H28F5N5O7.Na/c1-3-10-48-19-7-8-20(22(13-19)33(36,37)38)24-14-27(50-42-24)29(32(47)49-11-9-18(44)12-17(2)31(45)46)43-16-26-25(15-39-43)40-30(41-26)21-5-4-6-23(34)28(21)35;/h4-8,13-17,29H,3,9-12H2,1-2H3,(H,45,46);/q;+1/p-1/t17-,29?;/m1./s1. The Morgan fingerprint density at radius 3 is 2.45 bits per heavy atom. The van der Waals surface area contributed by atoms with Crippen LogP contribution in [0.1, 0.15) is 50.5 Å². The van der Waals surface area contributed by atoms with Gasteiger partial charge in [0.25, 0.3) is 0 Å². The quantitative estimate of drug-likeness (QED) is 0.0937. The van der Waals surface area contributed by atoms with E-state index >= 15 is 0 Å². The number of rotatable bonds is 14. The van der Waals surface area contributed by atoms with Crippen LogP contribution < -0.4 is 39.4 Å². The zero-order valence-electron chi connectivity index (χ0n) is 27.4. The van der Waals surface area contributed by atoms with Crippen molar-refractivity contribution in [3.05, 3.63) is 77.8 Å². The van der Waals surface area contributed by atoms with Crippen molar-refractivity contribution in [3.63, 3.8) is 0 Å². The van der Waals surface area contributed by atoms with Gasteiger partial charge in [-0.3, -0.25) is 4.79 Å². The number of carboxylic acid groups (broad SMARTS) is 1. The molecule has 0 radical (unpaired) electrons. The number of carbonyl (C=O) groups is 3. The number of aliphatic carboxylic acids is 1. The number of carboxylic acids is 1. The van der Waals surface area contributed by atoms with Crippen molar-refractivity contribution in [3.8, 4) is 39.8 Å². The number of Topliss-reactive ketones (excluding diaryl/α,β-unsaturated/α-hetero) is 1. The van der Waals surface area contributed by atoms with E-state index in [0.29, 0.717) is 6.42 Å². The van der Waals surface area contributed by atoms with Crippen molar-refractivity contribution in [1.82, 2.24) is 24.9 Å². The number of aromatic nitrogens is 5. The summed E-state index contributed by atoms with van der Waals surface area (Å²) in [5, 5.41) is 18.9. The molecule has 51 heavy (non-hydrogen) atoms. The second kappa shape index (κ2) is 16.5. The van der Waals surface area contributed by atoms with Gasteiger partial charge in [0.1, 0.15) is 28.6 Å². The van der Waals surface area contributed by atoms with Crippen molar-refractivity contribution in [2.45, 2.75) is 45.3 Å². The molecule has 3 aromatic rings.